The highest BCUT2D eigenvalue weighted by molar-refractivity contribution is 5.58. The first-order chi connectivity index (χ1) is 8.54. The van der Waals surface area contributed by atoms with Crippen molar-refractivity contribution >= 4 is 11.6 Å². The van der Waals surface area contributed by atoms with Gasteiger partial charge < -0.3 is 10.2 Å². The summed E-state index contributed by atoms with van der Waals surface area (Å²) in [5.41, 5.74) is 1.15. The van der Waals surface area contributed by atoms with Crippen LogP contribution in [0.5, 0.6) is 0 Å². The van der Waals surface area contributed by atoms with Crippen LogP contribution < -0.4 is 10.2 Å². The van der Waals surface area contributed by atoms with Gasteiger partial charge in [0.25, 0.3) is 0 Å². The van der Waals surface area contributed by atoms with E-state index in [9.17, 15) is 0 Å². The normalized spacial score (nSPS) is 15.7. The molecule has 1 N–H and O–H groups in total. The summed E-state index contributed by atoms with van der Waals surface area (Å²) in [7, 11) is 4.08. The molecule has 0 spiro atoms. The largest absolute Gasteiger partial charge is 0.373 e. The monoisotopic (exact) mass is 248 g/mol. The molecule has 100 valence electrons. The summed E-state index contributed by atoms with van der Waals surface area (Å²) < 4.78 is 0. The highest BCUT2D eigenvalue weighted by Crippen LogP contribution is 2.31. The highest BCUT2D eigenvalue weighted by Gasteiger charge is 2.25. The first kappa shape index (κ1) is 13.1. The van der Waals surface area contributed by atoms with Crippen LogP contribution in [0.4, 0.5) is 11.6 Å². The van der Waals surface area contributed by atoms with E-state index in [2.05, 4.69) is 43.0 Å². The van der Waals surface area contributed by atoms with Crippen LogP contribution in [0.3, 0.4) is 0 Å². The summed E-state index contributed by atoms with van der Waals surface area (Å²) in [6.07, 6.45) is 3.91. The van der Waals surface area contributed by atoms with Crippen molar-refractivity contribution in [2.75, 3.05) is 24.3 Å². The van der Waals surface area contributed by atoms with Gasteiger partial charge in [0.05, 0.1) is 0 Å². The number of aromatic nitrogens is 2. The molecule has 0 aliphatic heterocycles. The second kappa shape index (κ2) is 5.12. The maximum Gasteiger partial charge on any atom is 0.137 e. The molecule has 4 nitrogen and oxygen atoms in total. The molecule has 1 saturated carbocycles. The van der Waals surface area contributed by atoms with E-state index in [0.717, 1.165) is 23.0 Å². The fourth-order valence-corrected chi connectivity index (χ4v) is 2.31. The molecule has 1 heterocycles. The van der Waals surface area contributed by atoms with Gasteiger partial charge in [-0.25, -0.2) is 9.97 Å². The Morgan fingerprint density at radius 1 is 1.28 bits per heavy atom. The average molecular weight is 248 g/mol. The van der Waals surface area contributed by atoms with Gasteiger partial charge in [-0.1, -0.05) is 13.8 Å². The molecule has 0 atom stereocenters. The van der Waals surface area contributed by atoms with Crippen LogP contribution in [0.2, 0.25) is 0 Å². The lowest BCUT2D eigenvalue weighted by Crippen LogP contribution is -2.38. The highest BCUT2D eigenvalue weighted by atomic mass is 15.2. The van der Waals surface area contributed by atoms with Crippen LogP contribution in [0, 0.1) is 6.92 Å². The van der Waals surface area contributed by atoms with E-state index in [4.69, 9.17) is 4.98 Å². The molecular weight excluding hydrogens is 224 g/mol. The Kier molecular flexibility index (Phi) is 3.73. The molecular formula is C14H24N4. The summed E-state index contributed by atoms with van der Waals surface area (Å²) in [5, 5.41) is 3.18. The Labute approximate surface area is 110 Å². The standard InChI is InChI=1S/C14H24N4/c1-9(2)12-16-13(15-4)10(3)14(17-12)18(5)11-7-6-8-11/h9,11H,6-8H2,1-5H3,(H,15,16,17). The fourth-order valence-electron chi connectivity index (χ4n) is 2.31. The molecule has 0 bridgehead atoms. The summed E-state index contributed by atoms with van der Waals surface area (Å²) in [6.45, 7) is 6.37. The molecule has 18 heavy (non-hydrogen) atoms. The first-order valence-corrected chi connectivity index (χ1v) is 6.83. The second-order valence-electron chi connectivity index (χ2n) is 5.48. The lowest BCUT2D eigenvalue weighted by atomic mass is 9.91. The van der Waals surface area contributed by atoms with Gasteiger partial charge in [-0.15, -0.1) is 0 Å². The SMILES string of the molecule is CNc1nc(C(C)C)nc(N(C)C2CCC2)c1C. The van der Waals surface area contributed by atoms with Gasteiger partial charge in [0.2, 0.25) is 0 Å². The number of nitrogens with zero attached hydrogens (tertiary/aromatic N) is 3. The smallest absolute Gasteiger partial charge is 0.137 e. The van der Waals surface area contributed by atoms with E-state index in [-0.39, 0.29) is 0 Å². The third kappa shape index (κ3) is 2.28. The molecule has 0 amide bonds. The lowest BCUT2D eigenvalue weighted by Gasteiger charge is -2.36. The number of rotatable bonds is 4. The Balaban J connectivity index is 2.40. The van der Waals surface area contributed by atoms with Gasteiger partial charge in [0.1, 0.15) is 17.5 Å². The number of hydrogen-bond donors (Lipinski definition) is 1. The van der Waals surface area contributed by atoms with Crippen LogP contribution in [-0.4, -0.2) is 30.1 Å². The molecule has 1 aliphatic rings. The topological polar surface area (TPSA) is 41.1 Å². The zero-order chi connectivity index (χ0) is 13.3. The van der Waals surface area contributed by atoms with Crippen molar-refractivity contribution in [3.63, 3.8) is 0 Å². The van der Waals surface area contributed by atoms with Crippen LogP contribution in [0.15, 0.2) is 0 Å². The summed E-state index contributed by atoms with van der Waals surface area (Å²) in [6, 6.07) is 0.656. The Hall–Kier alpha value is -1.32. The third-order valence-electron chi connectivity index (χ3n) is 3.85. The summed E-state index contributed by atoms with van der Waals surface area (Å²) in [5.74, 6) is 3.31. The van der Waals surface area contributed by atoms with Crippen LogP contribution in [0.1, 0.15) is 50.4 Å². The molecule has 1 fully saturated rings. The van der Waals surface area contributed by atoms with Crippen LogP contribution in [0.25, 0.3) is 0 Å². The van der Waals surface area contributed by atoms with E-state index in [1.165, 1.54) is 19.3 Å². The fraction of sp³-hybridized carbons (Fsp3) is 0.714. The van der Waals surface area contributed by atoms with Gasteiger partial charge in [-0.3, -0.25) is 0 Å². The van der Waals surface area contributed by atoms with Gasteiger partial charge in [-0.2, -0.15) is 0 Å². The molecule has 1 aromatic heterocycles. The summed E-state index contributed by atoms with van der Waals surface area (Å²) >= 11 is 0. The minimum absolute atomic E-state index is 0.353. The maximum atomic E-state index is 4.76. The molecule has 0 saturated heterocycles. The van der Waals surface area contributed by atoms with Crippen LogP contribution in [-0.2, 0) is 0 Å². The first-order valence-electron chi connectivity index (χ1n) is 6.83. The molecule has 1 aliphatic carbocycles. The molecule has 4 heteroatoms. The molecule has 1 aromatic rings. The van der Waals surface area contributed by atoms with Crippen molar-refractivity contribution in [2.45, 2.75) is 52.0 Å². The van der Waals surface area contributed by atoms with E-state index < -0.39 is 0 Å². The maximum absolute atomic E-state index is 4.76. The van der Waals surface area contributed by atoms with Gasteiger partial charge in [-0.05, 0) is 26.2 Å². The lowest BCUT2D eigenvalue weighted by molar-refractivity contribution is 0.398. The average Bonchev–Trinajstić information content (AvgIpc) is 2.26. The summed E-state index contributed by atoms with van der Waals surface area (Å²) in [4.78, 5) is 11.7. The van der Waals surface area contributed by atoms with Crippen molar-refractivity contribution in [2.24, 2.45) is 0 Å². The van der Waals surface area contributed by atoms with Gasteiger partial charge in [0, 0.05) is 31.6 Å². The molecule has 0 unspecified atom stereocenters. The number of hydrogen-bond acceptors (Lipinski definition) is 4. The van der Waals surface area contributed by atoms with Crippen LogP contribution >= 0.6 is 0 Å². The number of anilines is 2. The third-order valence-corrected chi connectivity index (χ3v) is 3.85. The predicted octanol–water partition coefficient (Wildman–Crippen LogP) is 2.94. The van der Waals surface area contributed by atoms with E-state index in [1.807, 2.05) is 7.05 Å². The Morgan fingerprint density at radius 3 is 2.39 bits per heavy atom. The van der Waals surface area contributed by atoms with Crippen molar-refractivity contribution in [1.29, 1.82) is 0 Å². The minimum Gasteiger partial charge on any atom is -0.373 e. The van der Waals surface area contributed by atoms with Crippen molar-refractivity contribution in [3.05, 3.63) is 11.4 Å². The second-order valence-corrected chi connectivity index (χ2v) is 5.48. The molecule has 2 rings (SSSR count). The van der Waals surface area contributed by atoms with Gasteiger partial charge in [0.15, 0.2) is 0 Å². The van der Waals surface area contributed by atoms with Crippen molar-refractivity contribution < 1.29 is 0 Å². The molecule has 0 aromatic carbocycles. The van der Waals surface area contributed by atoms with E-state index >= 15 is 0 Å². The quantitative estimate of drug-likeness (QED) is 0.889. The van der Waals surface area contributed by atoms with Crippen molar-refractivity contribution in [3.8, 4) is 0 Å². The minimum atomic E-state index is 0.353. The Morgan fingerprint density at radius 2 is 1.94 bits per heavy atom. The van der Waals surface area contributed by atoms with E-state index in [0.29, 0.717) is 12.0 Å². The number of nitrogens with one attached hydrogen (secondary N) is 1. The predicted molar refractivity (Wildman–Crippen MR) is 76.4 cm³/mol. The zero-order valence-corrected chi connectivity index (χ0v) is 12.1. The Bertz CT molecular complexity index is 424. The zero-order valence-electron chi connectivity index (χ0n) is 12.1. The van der Waals surface area contributed by atoms with Gasteiger partial charge >= 0.3 is 0 Å². The van der Waals surface area contributed by atoms with E-state index in [1.54, 1.807) is 0 Å². The molecule has 0 radical (unpaired) electrons. The van der Waals surface area contributed by atoms with Crippen molar-refractivity contribution in [1.82, 2.24) is 9.97 Å².